The first-order valence-corrected chi connectivity index (χ1v) is 12.0. The Morgan fingerprint density at radius 3 is 2.28 bits per heavy atom. The van der Waals surface area contributed by atoms with Gasteiger partial charge in [0.05, 0.1) is 10.0 Å². The standard InChI is InChI=1S/C26H33Cl2N3O/c1-19(2)25(29-26(32)11-9-21-6-4-20(3)5-7-21)18-31-14-12-30(13-15-31)17-22-8-10-23(27)24(28)16-22/h4-11,16,19,25H,12-15,17-18H2,1-3H3,(H,29,32)/b11-9-. The maximum absolute atomic E-state index is 12.5. The van der Waals surface area contributed by atoms with Crippen LogP contribution in [0, 0.1) is 12.8 Å². The third-order valence-electron chi connectivity index (χ3n) is 5.95. The molecule has 4 nitrogen and oxygen atoms in total. The fourth-order valence-corrected chi connectivity index (χ4v) is 4.13. The molecule has 1 unspecified atom stereocenters. The zero-order chi connectivity index (χ0) is 23.1. The minimum absolute atomic E-state index is 0.0393. The number of nitrogens with one attached hydrogen (secondary N) is 1. The molecule has 2 aromatic carbocycles. The molecule has 1 fully saturated rings. The first kappa shape index (κ1) is 24.8. The number of carbonyl (C=O) groups is 1. The Bertz CT molecular complexity index is 919. The highest BCUT2D eigenvalue weighted by atomic mass is 35.5. The summed E-state index contributed by atoms with van der Waals surface area (Å²) in [6.07, 6.45) is 3.50. The lowest BCUT2D eigenvalue weighted by molar-refractivity contribution is -0.117. The lowest BCUT2D eigenvalue weighted by Crippen LogP contribution is -2.52. The van der Waals surface area contributed by atoms with Gasteiger partial charge in [0.2, 0.25) is 5.91 Å². The van der Waals surface area contributed by atoms with Gasteiger partial charge in [-0.25, -0.2) is 0 Å². The predicted octanol–water partition coefficient (Wildman–Crippen LogP) is 5.27. The maximum Gasteiger partial charge on any atom is 0.244 e. The van der Waals surface area contributed by atoms with Crippen molar-refractivity contribution in [3.8, 4) is 0 Å². The number of aryl methyl sites for hydroxylation is 1. The second-order valence-electron chi connectivity index (χ2n) is 8.93. The van der Waals surface area contributed by atoms with Crippen molar-refractivity contribution >= 4 is 35.2 Å². The van der Waals surface area contributed by atoms with Crippen LogP contribution in [0.3, 0.4) is 0 Å². The van der Waals surface area contributed by atoms with E-state index in [1.54, 1.807) is 6.08 Å². The van der Waals surface area contributed by atoms with Gasteiger partial charge in [0.15, 0.2) is 0 Å². The van der Waals surface area contributed by atoms with Crippen molar-refractivity contribution in [2.75, 3.05) is 32.7 Å². The molecule has 0 aliphatic carbocycles. The SMILES string of the molecule is Cc1ccc(/C=C\C(=O)NC(CN2CCN(Cc3ccc(Cl)c(Cl)c3)CC2)C(C)C)cc1. The van der Waals surface area contributed by atoms with Crippen LogP contribution in [0.15, 0.2) is 48.5 Å². The zero-order valence-electron chi connectivity index (χ0n) is 19.2. The maximum atomic E-state index is 12.5. The molecular formula is C26H33Cl2N3O. The summed E-state index contributed by atoms with van der Waals surface area (Å²) in [6.45, 7) is 12.1. The fraction of sp³-hybridized carbons (Fsp3) is 0.423. The van der Waals surface area contributed by atoms with E-state index in [2.05, 4.69) is 48.0 Å². The van der Waals surface area contributed by atoms with Crippen LogP contribution in [-0.4, -0.2) is 54.5 Å². The molecule has 1 aliphatic heterocycles. The number of halogens is 2. The van der Waals surface area contributed by atoms with E-state index in [4.69, 9.17) is 23.2 Å². The summed E-state index contributed by atoms with van der Waals surface area (Å²) < 4.78 is 0. The van der Waals surface area contributed by atoms with Crippen LogP contribution in [0.5, 0.6) is 0 Å². The topological polar surface area (TPSA) is 35.6 Å². The lowest BCUT2D eigenvalue weighted by atomic mass is 10.0. The molecule has 172 valence electrons. The number of benzene rings is 2. The molecule has 6 heteroatoms. The molecule has 1 amide bonds. The van der Waals surface area contributed by atoms with Crippen molar-refractivity contribution in [3.63, 3.8) is 0 Å². The predicted molar refractivity (Wildman–Crippen MR) is 135 cm³/mol. The number of piperazine rings is 1. The van der Waals surface area contributed by atoms with Crippen LogP contribution in [0.4, 0.5) is 0 Å². The van der Waals surface area contributed by atoms with Gasteiger partial charge in [-0.2, -0.15) is 0 Å². The van der Waals surface area contributed by atoms with Crippen LogP contribution in [0.2, 0.25) is 10.0 Å². The summed E-state index contributed by atoms with van der Waals surface area (Å²) in [4.78, 5) is 17.4. The summed E-state index contributed by atoms with van der Waals surface area (Å²) in [7, 11) is 0. The van der Waals surface area contributed by atoms with Crippen molar-refractivity contribution in [1.29, 1.82) is 0 Å². The molecule has 0 radical (unpaired) electrons. The van der Waals surface area contributed by atoms with Gasteiger partial charge < -0.3 is 5.32 Å². The molecule has 1 saturated heterocycles. The summed E-state index contributed by atoms with van der Waals surface area (Å²) in [6, 6.07) is 14.1. The van der Waals surface area contributed by atoms with Gasteiger partial charge in [-0.05, 0) is 42.2 Å². The van der Waals surface area contributed by atoms with E-state index in [0.29, 0.717) is 16.0 Å². The average Bonchev–Trinajstić information content (AvgIpc) is 2.76. The Hall–Kier alpha value is -1.85. The van der Waals surface area contributed by atoms with Crippen LogP contribution < -0.4 is 5.32 Å². The minimum atomic E-state index is -0.0393. The molecule has 32 heavy (non-hydrogen) atoms. The lowest BCUT2D eigenvalue weighted by Gasteiger charge is -2.37. The molecule has 0 bridgehead atoms. The Kier molecular flexibility index (Phi) is 9.18. The van der Waals surface area contributed by atoms with Crippen LogP contribution in [0.25, 0.3) is 6.08 Å². The van der Waals surface area contributed by atoms with Gasteiger partial charge in [0, 0.05) is 51.4 Å². The summed E-state index contributed by atoms with van der Waals surface area (Å²) in [5.41, 5.74) is 3.43. The van der Waals surface area contributed by atoms with Crippen molar-refractivity contribution < 1.29 is 4.79 Å². The molecule has 0 saturated carbocycles. The van der Waals surface area contributed by atoms with E-state index in [9.17, 15) is 4.79 Å². The highest BCUT2D eigenvalue weighted by Gasteiger charge is 2.23. The van der Waals surface area contributed by atoms with E-state index in [-0.39, 0.29) is 11.9 Å². The number of carbonyl (C=O) groups excluding carboxylic acids is 1. The van der Waals surface area contributed by atoms with Crippen molar-refractivity contribution in [1.82, 2.24) is 15.1 Å². The second kappa shape index (κ2) is 11.9. The molecule has 1 aliphatic rings. The van der Waals surface area contributed by atoms with Gasteiger partial charge in [-0.1, -0.05) is 72.9 Å². The molecular weight excluding hydrogens is 441 g/mol. The molecule has 1 heterocycles. The van der Waals surface area contributed by atoms with Gasteiger partial charge in [0.1, 0.15) is 0 Å². The molecule has 3 rings (SSSR count). The molecule has 0 spiro atoms. The van der Waals surface area contributed by atoms with Gasteiger partial charge in [0.25, 0.3) is 0 Å². The number of hydrogen-bond donors (Lipinski definition) is 1. The van der Waals surface area contributed by atoms with Gasteiger partial charge >= 0.3 is 0 Å². The molecule has 1 atom stereocenters. The van der Waals surface area contributed by atoms with Crippen molar-refractivity contribution in [3.05, 3.63) is 75.3 Å². The van der Waals surface area contributed by atoms with Crippen LogP contribution in [0.1, 0.15) is 30.5 Å². The largest absolute Gasteiger partial charge is 0.348 e. The average molecular weight is 474 g/mol. The normalized spacial score (nSPS) is 16.6. The first-order valence-electron chi connectivity index (χ1n) is 11.2. The highest BCUT2D eigenvalue weighted by Crippen LogP contribution is 2.23. The van der Waals surface area contributed by atoms with Gasteiger partial charge in [-0.3, -0.25) is 14.6 Å². The number of hydrogen-bond acceptors (Lipinski definition) is 3. The number of nitrogens with zero attached hydrogens (tertiary/aromatic N) is 2. The second-order valence-corrected chi connectivity index (χ2v) is 9.74. The number of amides is 1. The highest BCUT2D eigenvalue weighted by molar-refractivity contribution is 6.42. The monoisotopic (exact) mass is 473 g/mol. The molecule has 0 aromatic heterocycles. The fourth-order valence-electron chi connectivity index (χ4n) is 3.81. The van der Waals surface area contributed by atoms with E-state index >= 15 is 0 Å². The quantitative estimate of drug-likeness (QED) is 0.530. The zero-order valence-corrected chi connectivity index (χ0v) is 20.7. The van der Waals surface area contributed by atoms with E-state index in [1.807, 2.05) is 36.4 Å². The van der Waals surface area contributed by atoms with E-state index in [1.165, 1.54) is 11.1 Å². The smallest absolute Gasteiger partial charge is 0.244 e. The van der Waals surface area contributed by atoms with Gasteiger partial charge in [-0.15, -0.1) is 0 Å². The third kappa shape index (κ3) is 7.63. The Labute approximate surface area is 202 Å². The summed E-state index contributed by atoms with van der Waals surface area (Å²) >= 11 is 12.2. The Morgan fingerprint density at radius 1 is 1.00 bits per heavy atom. The van der Waals surface area contributed by atoms with Crippen molar-refractivity contribution in [2.24, 2.45) is 5.92 Å². The number of rotatable bonds is 8. The van der Waals surface area contributed by atoms with Crippen LogP contribution in [-0.2, 0) is 11.3 Å². The van der Waals surface area contributed by atoms with Crippen LogP contribution >= 0.6 is 23.2 Å². The minimum Gasteiger partial charge on any atom is -0.348 e. The first-order chi connectivity index (χ1) is 15.3. The summed E-state index contributed by atoms with van der Waals surface area (Å²) in [5.74, 6) is 0.323. The third-order valence-corrected chi connectivity index (χ3v) is 6.69. The molecule has 1 N–H and O–H groups in total. The molecule has 2 aromatic rings. The van der Waals surface area contributed by atoms with E-state index in [0.717, 1.165) is 44.8 Å². The Morgan fingerprint density at radius 2 is 1.66 bits per heavy atom. The Balaban J connectivity index is 1.47. The van der Waals surface area contributed by atoms with E-state index < -0.39 is 0 Å². The summed E-state index contributed by atoms with van der Waals surface area (Å²) in [5, 5.41) is 4.40. The van der Waals surface area contributed by atoms with Crippen molar-refractivity contribution in [2.45, 2.75) is 33.4 Å².